The first-order valence-electron chi connectivity index (χ1n) is 3.30. The third kappa shape index (κ3) is 3.35. The SMILES string of the molecule is CC.Cc1c[nH]c(=S)cn1. The summed E-state index contributed by atoms with van der Waals surface area (Å²) in [6.45, 7) is 5.91. The Hall–Kier alpha value is -0.700. The number of rotatable bonds is 0. The molecule has 0 spiro atoms. The number of H-pyrrole nitrogens is 1. The Bertz CT molecular complexity index is 209. The van der Waals surface area contributed by atoms with Gasteiger partial charge < -0.3 is 4.98 Å². The van der Waals surface area contributed by atoms with Crippen LogP contribution in [-0.2, 0) is 0 Å². The zero-order valence-electron chi connectivity index (χ0n) is 6.51. The number of nitrogens with one attached hydrogen (secondary N) is 1. The standard InChI is InChI=1S/C5H6N2S.C2H6/c1-4-2-7-5(8)3-6-4;1-2/h2-3H,1H3,(H,7,8);1-2H3. The largest absolute Gasteiger partial charge is 0.350 e. The minimum absolute atomic E-state index is 0.676. The molecule has 0 bridgehead atoms. The van der Waals surface area contributed by atoms with Crippen LogP contribution < -0.4 is 0 Å². The van der Waals surface area contributed by atoms with Gasteiger partial charge in [0, 0.05) is 6.20 Å². The van der Waals surface area contributed by atoms with Crippen molar-refractivity contribution in [2.45, 2.75) is 20.8 Å². The van der Waals surface area contributed by atoms with Crippen molar-refractivity contribution in [2.24, 2.45) is 0 Å². The van der Waals surface area contributed by atoms with E-state index in [0.717, 1.165) is 5.69 Å². The van der Waals surface area contributed by atoms with Crippen molar-refractivity contribution in [2.75, 3.05) is 0 Å². The molecule has 1 heterocycles. The van der Waals surface area contributed by atoms with E-state index in [4.69, 9.17) is 12.2 Å². The molecule has 1 aromatic heterocycles. The van der Waals surface area contributed by atoms with Gasteiger partial charge in [-0.2, -0.15) is 0 Å². The summed E-state index contributed by atoms with van der Waals surface area (Å²) in [7, 11) is 0. The Kier molecular flexibility index (Phi) is 4.76. The molecular formula is C7H12N2S. The van der Waals surface area contributed by atoms with Crippen LogP contribution in [-0.4, -0.2) is 9.97 Å². The summed E-state index contributed by atoms with van der Waals surface area (Å²) in [6.07, 6.45) is 3.41. The van der Waals surface area contributed by atoms with Crippen molar-refractivity contribution < 1.29 is 0 Å². The van der Waals surface area contributed by atoms with Gasteiger partial charge in [0.2, 0.25) is 0 Å². The van der Waals surface area contributed by atoms with Gasteiger partial charge in [0.25, 0.3) is 0 Å². The molecule has 0 aliphatic heterocycles. The summed E-state index contributed by atoms with van der Waals surface area (Å²) in [5.41, 5.74) is 0.957. The topological polar surface area (TPSA) is 28.7 Å². The number of aromatic amines is 1. The fraction of sp³-hybridized carbons (Fsp3) is 0.429. The minimum atomic E-state index is 0.676. The first-order chi connectivity index (χ1) is 4.79. The van der Waals surface area contributed by atoms with Crippen LogP contribution in [0.3, 0.4) is 0 Å². The number of nitrogens with zero attached hydrogens (tertiary/aromatic N) is 1. The number of hydrogen-bond acceptors (Lipinski definition) is 2. The van der Waals surface area contributed by atoms with E-state index in [-0.39, 0.29) is 0 Å². The number of aromatic nitrogens is 2. The van der Waals surface area contributed by atoms with Crippen LogP contribution in [0.5, 0.6) is 0 Å². The van der Waals surface area contributed by atoms with E-state index in [2.05, 4.69) is 9.97 Å². The molecule has 3 heteroatoms. The predicted octanol–water partition coefficient (Wildman–Crippen LogP) is 2.47. The van der Waals surface area contributed by atoms with Crippen LogP contribution in [0.15, 0.2) is 12.4 Å². The van der Waals surface area contributed by atoms with Crippen molar-refractivity contribution >= 4 is 12.2 Å². The predicted molar refractivity (Wildman–Crippen MR) is 45.5 cm³/mol. The van der Waals surface area contributed by atoms with E-state index in [1.54, 1.807) is 12.4 Å². The number of aryl methyl sites for hydroxylation is 1. The number of hydrogen-bond donors (Lipinski definition) is 1. The van der Waals surface area contributed by atoms with E-state index in [1.807, 2.05) is 20.8 Å². The summed E-state index contributed by atoms with van der Waals surface area (Å²) in [5.74, 6) is 0. The Morgan fingerprint density at radius 3 is 2.40 bits per heavy atom. The summed E-state index contributed by atoms with van der Waals surface area (Å²) in [6, 6.07) is 0. The smallest absolute Gasteiger partial charge is 0.121 e. The summed E-state index contributed by atoms with van der Waals surface area (Å²) in [5, 5.41) is 0. The van der Waals surface area contributed by atoms with Gasteiger partial charge in [-0.1, -0.05) is 26.1 Å². The highest BCUT2D eigenvalue weighted by Gasteiger charge is 1.77. The lowest BCUT2D eigenvalue weighted by atomic mass is 10.5. The molecule has 0 aliphatic rings. The van der Waals surface area contributed by atoms with Gasteiger partial charge in [0.1, 0.15) is 4.64 Å². The molecule has 1 N–H and O–H groups in total. The van der Waals surface area contributed by atoms with E-state index in [1.165, 1.54) is 0 Å². The van der Waals surface area contributed by atoms with Crippen molar-refractivity contribution in [3.05, 3.63) is 22.7 Å². The molecular weight excluding hydrogens is 144 g/mol. The monoisotopic (exact) mass is 156 g/mol. The fourth-order valence-electron chi connectivity index (χ4n) is 0.411. The van der Waals surface area contributed by atoms with Crippen LogP contribution in [0.1, 0.15) is 19.5 Å². The highest BCUT2D eigenvalue weighted by atomic mass is 32.1. The first-order valence-corrected chi connectivity index (χ1v) is 3.71. The molecule has 0 radical (unpaired) electrons. The minimum Gasteiger partial charge on any atom is -0.350 e. The van der Waals surface area contributed by atoms with Crippen LogP contribution >= 0.6 is 12.2 Å². The average Bonchev–Trinajstić information content (AvgIpc) is 2.00. The van der Waals surface area contributed by atoms with Crippen molar-refractivity contribution in [3.63, 3.8) is 0 Å². The second-order valence-corrected chi connectivity index (χ2v) is 1.99. The quantitative estimate of drug-likeness (QED) is 0.584. The lowest BCUT2D eigenvalue weighted by Gasteiger charge is -1.85. The average molecular weight is 156 g/mol. The molecule has 0 fully saturated rings. The third-order valence-corrected chi connectivity index (χ3v) is 1.03. The van der Waals surface area contributed by atoms with Crippen LogP contribution in [0.2, 0.25) is 0 Å². The molecule has 1 aromatic rings. The maximum absolute atomic E-state index is 4.75. The normalized spacial score (nSPS) is 7.90. The second kappa shape index (κ2) is 5.11. The zero-order chi connectivity index (χ0) is 7.98. The summed E-state index contributed by atoms with van der Waals surface area (Å²) < 4.78 is 0.676. The van der Waals surface area contributed by atoms with E-state index in [0.29, 0.717) is 4.64 Å². The molecule has 2 nitrogen and oxygen atoms in total. The maximum Gasteiger partial charge on any atom is 0.121 e. The van der Waals surface area contributed by atoms with Gasteiger partial charge in [0.15, 0.2) is 0 Å². The maximum atomic E-state index is 4.75. The molecule has 0 saturated heterocycles. The van der Waals surface area contributed by atoms with Crippen LogP contribution in [0, 0.1) is 11.6 Å². The molecule has 56 valence electrons. The summed E-state index contributed by atoms with van der Waals surface area (Å²) >= 11 is 4.75. The summed E-state index contributed by atoms with van der Waals surface area (Å²) in [4.78, 5) is 6.80. The highest BCUT2D eigenvalue weighted by molar-refractivity contribution is 7.71. The van der Waals surface area contributed by atoms with Gasteiger partial charge in [-0.25, -0.2) is 0 Å². The molecule has 0 atom stereocenters. The Morgan fingerprint density at radius 2 is 2.10 bits per heavy atom. The lowest BCUT2D eigenvalue weighted by Crippen LogP contribution is -1.80. The Morgan fingerprint density at radius 1 is 1.50 bits per heavy atom. The second-order valence-electron chi connectivity index (χ2n) is 1.55. The van der Waals surface area contributed by atoms with Gasteiger partial charge in [-0.3, -0.25) is 4.98 Å². The van der Waals surface area contributed by atoms with Gasteiger partial charge in [-0.15, -0.1) is 0 Å². The molecule has 1 rings (SSSR count). The van der Waals surface area contributed by atoms with Crippen molar-refractivity contribution in [3.8, 4) is 0 Å². The van der Waals surface area contributed by atoms with E-state index >= 15 is 0 Å². The van der Waals surface area contributed by atoms with E-state index in [9.17, 15) is 0 Å². The molecule has 0 unspecified atom stereocenters. The first kappa shape index (κ1) is 9.30. The molecule has 0 aliphatic carbocycles. The van der Waals surface area contributed by atoms with Crippen molar-refractivity contribution in [1.29, 1.82) is 0 Å². The Balaban J connectivity index is 0.000000371. The molecule has 0 aromatic carbocycles. The van der Waals surface area contributed by atoms with Gasteiger partial charge >= 0.3 is 0 Å². The molecule has 10 heavy (non-hydrogen) atoms. The third-order valence-electron chi connectivity index (χ3n) is 0.809. The fourth-order valence-corrected chi connectivity index (χ4v) is 0.522. The van der Waals surface area contributed by atoms with Crippen LogP contribution in [0.4, 0.5) is 0 Å². The lowest BCUT2D eigenvalue weighted by molar-refractivity contribution is 1.10. The molecule has 0 saturated carbocycles. The van der Waals surface area contributed by atoms with Gasteiger partial charge in [0.05, 0.1) is 11.9 Å². The zero-order valence-corrected chi connectivity index (χ0v) is 7.33. The van der Waals surface area contributed by atoms with Gasteiger partial charge in [-0.05, 0) is 6.92 Å². The van der Waals surface area contributed by atoms with Crippen molar-refractivity contribution in [1.82, 2.24) is 9.97 Å². The van der Waals surface area contributed by atoms with Crippen LogP contribution in [0.25, 0.3) is 0 Å². The van der Waals surface area contributed by atoms with E-state index < -0.39 is 0 Å². The Labute approximate surface area is 66.3 Å². The highest BCUT2D eigenvalue weighted by Crippen LogP contribution is 1.85. The molecule has 0 amide bonds.